The fourth-order valence-electron chi connectivity index (χ4n) is 4.97. The molecule has 10 nitrogen and oxygen atoms in total. The number of likely N-dealkylation sites (tertiary alicyclic amines) is 1. The van der Waals surface area contributed by atoms with Crippen LogP contribution in [0.25, 0.3) is 11.1 Å². The molecule has 0 unspecified atom stereocenters. The molecule has 2 atom stereocenters. The molecular formula is C29H31N5O5S. The van der Waals surface area contributed by atoms with Crippen LogP contribution in [0.4, 0.5) is 0 Å². The smallest absolute Gasteiger partial charge is 0.251 e. The Hall–Kier alpha value is -4.06. The topological polar surface area (TPSA) is 147 Å². The van der Waals surface area contributed by atoms with E-state index < -0.39 is 17.7 Å². The molecular weight excluding hydrogens is 530 g/mol. The highest BCUT2D eigenvalue weighted by Crippen LogP contribution is 2.35. The molecule has 11 heteroatoms. The van der Waals surface area contributed by atoms with Crippen LogP contribution >= 0.6 is 11.3 Å². The largest absolute Gasteiger partial charge is 0.384 e. The Kier molecular flexibility index (Phi) is 7.97. The van der Waals surface area contributed by atoms with E-state index >= 15 is 0 Å². The van der Waals surface area contributed by atoms with Crippen LogP contribution < -0.4 is 16.4 Å². The molecule has 2 saturated heterocycles. The molecule has 0 bridgehead atoms. The van der Waals surface area contributed by atoms with Gasteiger partial charge in [-0.25, -0.2) is 0 Å². The number of ether oxygens (including phenoxy) is 2. The van der Waals surface area contributed by atoms with E-state index in [-0.39, 0.29) is 43.2 Å². The number of hydrogen-bond donors (Lipinski definition) is 4. The predicted molar refractivity (Wildman–Crippen MR) is 151 cm³/mol. The van der Waals surface area contributed by atoms with E-state index in [1.165, 1.54) is 16.2 Å². The summed E-state index contributed by atoms with van der Waals surface area (Å²) < 4.78 is 11.6. The lowest BCUT2D eigenvalue weighted by molar-refractivity contribution is -0.152. The molecule has 1 aromatic heterocycles. The number of thiophene rings is 1. The minimum atomic E-state index is -1.04. The van der Waals surface area contributed by atoms with Crippen LogP contribution in [-0.2, 0) is 19.1 Å². The average molecular weight is 562 g/mol. The Labute approximate surface area is 236 Å². The highest BCUT2D eigenvalue weighted by Gasteiger charge is 2.52. The summed E-state index contributed by atoms with van der Waals surface area (Å²) in [6.07, 6.45) is 0.188. The zero-order chi connectivity index (χ0) is 28.3. The monoisotopic (exact) mass is 561 g/mol. The lowest BCUT2D eigenvalue weighted by Gasteiger charge is -2.25. The highest BCUT2D eigenvalue weighted by atomic mass is 32.1. The predicted octanol–water partition coefficient (Wildman–Crippen LogP) is 2.65. The Bertz CT molecular complexity index is 1420. The van der Waals surface area contributed by atoms with Crippen LogP contribution in [0.3, 0.4) is 0 Å². The number of amidine groups is 1. The number of hydrogen-bond acceptors (Lipinski definition) is 7. The first-order valence-electron chi connectivity index (χ1n) is 13.0. The third kappa shape index (κ3) is 5.91. The molecule has 3 heterocycles. The minimum Gasteiger partial charge on any atom is -0.384 e. The van der Waals surface area contributed by atoms with Crippen LogP contribution in [0, 0.1) is 5.41 Å². The molecule has 5 rings (SSSR count). The fourth-order valence-corrected chi connectivity index (χ4v) is 5.89. The van der Waals surface area contributed by atoms with Gasteiger partial charge in [-0.3, -0.25) is 19.8 Å². The molecule has 0 radical (unpaired) electrons. The zero-order valence-electron chi connectivity index (χ0n) is 22.0. The second kappa shape index (κ2) is 11.6. The Morgan fingerprint density at radius 1 is 1.07 bits per heavy atom. The molecule has 208 valence electrons. The third-order valence-corrected chi connectivity index (χ3v) is 8.19. The summed E-state index contributed by atoms with van der Waals surface area (Å²) in [5.74, 6) is -2.23. The summed E-state index contributed by atoms with van der Waals surface area (Å²) in [5.41, 5.74) is 8.46. The van der Waals surface area contributed by atoms with Gasteiger partial charge in [0.15, 0.2) is 5.79 Å². The fraction of sp³-hybridized carbons (Fsp3) is 0.310. The lowest BCUT2D eigenvalue weighted by atomic mass is 10.0. The highest BCUT2D eigenvalue weighted by molar-refractivity contribution is 7.10. The molecule has 3 aromatic rings. The standard InChI is InChI=1S/C29H31N5O5S/c1-18(24-13-22(16-40-24)26(30)31)33-28(37)23-14-29(38-10-11-39-29)17-34(23)25(35)15-32-27(36)21-9-5-8-20(12-21)19-6-3-2-4-7-19/h2-9,12-13,16,18,23H,10-11,14-15,17H2,1H3,(H3,30,31)(H,32,36)(H,33,37)/t18-,23+/m1/s1. The van der Waals surface area contributed by atoms with Crippen LogP contribution in [0.2, 0.25) is 0 Å². The van der Waals surface area contributed by atoms with Gasteiger partial charge in [0.25, 0.3) is 5.91 Å². The van der Waals surface area contributed by atoms with Crippen molar-refractivity contribution in [1.29, 1.82) is 5.41 Å². The molecule has 3 amide bonds. The second-order valence-corrected chi connectivity index (χ2v) is 10.8. The van der Waals surface area contributed by atoms with Crippen LogP contribution in [-0.4, -0.2) is 66.6 Å². The van der Waals surface area contributed by atoms with Crippen molar-refractivity contribution in [3.63, 3.8) is 0 Å². The maximum atomic E-state index is 13.4. The van der Waals surface area contributed by atoms with Crippen molar-refractivity contribution >= 4 is 34.9 Å². The summed E-state index contributed by atoms with van der Waals surface area (Å²) in [6.45, 7) is 2.40. The third-order valence-electron chi connectivity index (χ3n) is 7.08. The summed E-state index contributed by atoms with van der Waals surface area (Å²) in [5, 5.41) is 15.0. The van der Waals surface area contributed by atoms with E-state index in [4.69, 9.17) is 20.6 Å². The van der Waals surface area contributed by atoms with Crippen molar-refractivity contribution in [1.82, 2.24) is 15.5 Å². The van der Waals surface area contributed by atoms with E-state index in [9.17, 15) is 14.4 Å². The maximum absolute atomic E-state index is 13.4. The maximum Gasteiger partial charge on any atom is 0.251 e. The molecule has 0 aliphatic carbocycles. The number of amides is 3. The molecule has 1 spiro atoms. The summed E-state index contributed by atoms with van der Waals surface area (Å²) >= 11 is 1.39. The van der Waals surface area contributed by atoms with Gasteiger partial charge in [-0.2, -0.15) is 0 Å². The van der Waals surface area contributed by atoms with Gasteiger partial charge >= 0.3 is 0 Å². The van der Waals surface area contributed by atoms with E-state index in [2.05, 4.69) is 10.6 Å². The number of nitrogen functional groups attached to an aromatic ring is 1. The summed E-state index contributed by atoms with van der Waals surface area (Å²) in [7, 11) is 0. The first-order valence-corrected chi connectivity index (χ1v) is 13.9. The number of nitrogens with one attached hydrogen (secondary N) is 3. The van der Waals surface area contributed by atoms with Gasteiger partial charge in [0.05, 0.1) is 32.3 Å². The van der Waals surface area contributed by atoms with E-state index in [1.807, 2.05) is 43.3 Å². The molecule has 5 N–H and O–H groups in total. The van der Waals surface area contributed by atoms with Crippen LogP contribution in [0.15, 0.2) is 66.0 Å². The molecule has 2 aromatic carbocycles. The van der Waals surface area contributed by atoms with Gasteiger partial charge in [-0.05, 0) is 36.2 Å². The average Bonchev–Trinajstić information content (AvgIpc) is 3.73. The van der Waals surface area contributed by atoms with Gasteiger partial charge in [0.2, 0.25) is 11.8 Å². The quantitative estimate of drug-likeness (QED) is 0.246. The number of benzene rings is 2. The van der Waals surface area contributed by atoms with Gasteiger partial charge in [0, 0.05) is 27.8 Å². The molecule has 2 aliphatic heterocycles. The first-order chi connectivity index (χ1) is 19.2. The van der Waals surface area contributed by atoms with E-state index in [0.29, 0.717) is 24.3 Å². The number of nitrogens with zero attached hydrogens (tertiary/aromatic N) is 1. The van der Waals surface area contributed by atoms with Crippen LogP contribution in [0.1, 0.15) is 40.2 Å². The van der Waals surface area contributed by atoms with Gasteiger partial charge < -0.3 is 30.7 Å². The lowest BCUT2D eigenvalue weighted by Crippen LogP contribution is -2.49. The first kappa shape index (κ1) is 27.5. The summed E-state index contributed by atoms with van der Waals surface area (Å²) in [6, 6.07) is 17.5. The van der Waals surface area contributed by atoms with Crippen molar-refractivity contribution in [3.8, 4) is 11.1 Å². The Morgan fingerprint density at radius 3 is 2.50 bits per heavy atom. The Morgan fingerprint density at radius 2 is 1.80 bits per heavy atom. The SMILES string of the molecule is C[C@@H](NC(=O)[C@@H]1CC2(CN1C(=O)CNC(=O)c1cccc(-c3ccccc3)c1)OCCO2)c1cc(C(=N)N)cs1. The van der Waals surface area contributed by atoms with Crippen molar-refractivity contribution in [3.05, 3.63) is 82.0 Å². The van der Waals surface area contributed by atoms with Crippen LogP contribution in [0.5, 0.6) is 0 Å². The molecule has 2 aliphatic rings. The van der Waals surface area contributed by atoms with E-state index in [1.54, 1.807) is 29.6 Å². The number of rotatable bonds is 8. The summed E-state index contributed by atoms with van der Waals surface area (Å²) in [4.78, 5) is 41.9. The molecule has 2 fully saturated rings. The van der Waals surface area contributed by atoms with E-state index in [0.717, 1.165) is 16.0 Å². The number of nitrogens with two attached hydrogens (primary N) is 1. The van der Waals surface area contributed by atoms with Gasteiger partial charge in [-0.15, -0.1) is 11.3 Å². The molecule has 0 saturated carbocycles. The molecule has 40 heavy (non-hydrogen) atoms. The Balaban J connectivity index is 1.25. The van der Waals surface area contributed by atoms with Gasteiger partial charge in [0.1, 0.15) is 11.9 Å². The normalized spacial score (nSPS) is 18.4. The number of carbonyl (C=O) groups is 3. The van der Waals surface area contributed by atoms with Crippen molar-refractivity contribution in [2.75, 3.05) is 26.3 Å². The second-order valence-electron chi connectivity index (χ2n) is 9.86. The number of carbonyl (C=O) groups excluding carboxylic acids is 3. The zero-order valence-corrected chi connectivity index (χ0v) is 22.8. The van der Waals surface area contributed by atoms with Crippen molar-refractivity contribution in [2.45, 2.75) is 31.2 Å². The van der Waals surface area contributed by atoms with Crippen molar-refractivity contribution in [2.24, 2.45) is 5.73 Å². The van der Waals surface area contributed by atoms with Gasteiger partial charge in [-0.1, -0.05) is 42.5 Å². The minimum absolute atomic E-state index is 0.0418. The van der Waals surface area contributed by atoms with Crippen molar-refractivity contribution < 1.29 is 23.9 Å².